The third-order valence-electron chi connectivity index (χ3n) is 3.76. The van der Waals surface area contributed by atoms with Gasteiger partial charge in [-0.1, -0.05) is 0 Å². The zero-order chi connectivity index (χ0) is 14.6. The van der Waals surface area contributed by atoms with E-state index in [1.54, 1.807) is 20.1 Å². The Morgan fingerprint density at radius 3 is 2.90 bits per heavy atom. The van der Waals surface area contributed by atoms with Crippen LogP contribution >= 0.6 is 12.4 Å². The number of nitrogens with one attached hydrogen (secondary N) is 1. The maximum absolute atomic E-state index is 13.3. The van der Waals surface area contributed by atoms with Gasteiger partial charge in [0.25, 0.3) is 0 Å². The number of rotatable bonds is 5. The summed E-state index contributed by atoms with van der Waals surface area (Å²) in [5.74, 6) is 0.348. The van der Waals surface area contributed by atoms with Crippen molar-refractivity contribution in [2.45, 2.75) is 31.5 Å². The van der Waals surface area contributed by atoms with Crippen LogP contribution in [0, 0.1) is 5.82 Å². The Hall–Kier alpha value is -0.880. The first-order valence-corrected chi connectivity index (χ1v) is 6.90. The van der Waals surface area contributed by atoms with Gasteiger partial charge in [0, 0.05) is 13.1 Å². The number of morpholine rings is 1. The Kier molecular flexibility index (Phi) is 6.87. The van der Waals surface area contributed by atoms with Crippen molar-refractivity contribution in [1.29, 1.82) is 0 Å². The van der Waals surface area contributed by atoms with E-state index in [2.05, 4.69) is 5.32 Å². The molecule has 0 aliphatic carbocycles. The monoisotopic (exact) mass is 319 g/mol. The van der Waals surface area contributed by atoms with Crippen LogP contribution < -0.4 is 10.1 Å². The van der Waals surface area contributed by atoms with Crippen LogP contribution in [0.15, 0.2) is 18.2 Å². The molecular weight excluding hydrogens is 297 g/mol. The van der Waals surface area contributed by atoms with Crippen molar-refractivity contribution in [3.63, 3.8) is 0 Å². The molecule has 1 saturated heterocycles. The molecule has 0 spiro atoms. The summed E-state index contributed by atoms with van der Waals surface area (Å²) >= 11 is 0. The van der Waals surface area contributed by atoms with Gasteiger partial charge in [0.15, 0.2) is 0 Å². The molecule has 120 valence electrons. The van der Waals surface area contributed by atoms with Crippen LogP contribution in [-0.4, -0.2) is 43.6 Å². The highest BCUT2D eigenvalue weighted by atomic mass is 35.5. The zero-order valence-electron chi connectivity index (χ0n) is 12.4. The largest absolute Gasteiger partial charge is 0.496 e. The minimum Gasteiger partial charge on any atom is -0.496 e. The van der Waals surface area contributed by atoms with Gasteiger partial charge in [-0.3, -0.25) is 0 Å². The van der Waals surface area contributed by atoms with Gasteiger partial charge in [-0.2, -0.15) is 0 Å². The van der Waals surface area contributed by atoms with E-state index in [0.717, 1.165) is 12.1 Å². The SMILES string of the molecule is COc1ccc(F)cc1CCC(C)(O)C1CNCCO1.Cl. The Balaban J connectivity index is 0.00000220. The van der Waals surface area contributed by atoms with E-state index in [1.807, 2.05) is 0 Å². The number of hydrogen-bond donors (Lipinski definition) is 2. The molecule has 4 nitrogen and oxygen atoms in total. The second-order valence-corrected chi connectivity index (χ2v) is 5.38. The van der Waals surface area contributed by atoms with E-state index < -0.39 is 5.60 Å². The lowest BCUT2D eigenvalue weighted by Gasteiger charge is -2.36. The first-order valence-electron chi connectivity index (χ1n) is 6.90. The number of hydrogen-bond acceptors (Lipinski definition) is 4. The van der Waals surface area contributed by atoms with Crippen molar-refractivity contribution in [3.8, 4) is 5.75 Å². The Morgan fingerprint density at radius 1 is 1.52 bits per heavy atom. The highest BCUT2D eigenvalue weighted by Gasteiger charge is 2.33. The van der Waals surface area contributed by atoms with Crippen molar-refractivity contribution in [2.75, 3.05) is 26.8 Å². The van der Waals surface area contributed by atoms with E-state index >= 15 is 0 Å². The van der Waals surface area contributed by atoms with Gasteiger partial charge in [-0.15, -0.1) is 12.4 Å². The molecule has 6 heteroatoms. The fourth-order valence-electron chi connectivity index (χ4n) is 2.46. The number of methoxy groups -OCH3 is 1. The lowest BCUT2D eigenvalue weighted by Crippen LogP contribution is -2.51. The number of benzene rings is 1. The van der Waals surface area contributed by atoms with Crippen molar-refractivity contribution in [3.05, 3.63) is 29.6 Å². The average molecular weight is 320 g/mol. The number of halogens is 2. The van der Waals surface area contributed by atoms with Crippen LogP contribution in [-0.2, 0) is 11.2 Å². The average Bonchev–Trinajstić information content (AvgIpc) is 2.46. The summed E-state index contributed by atoms with van der Waals surface area (Å²) in [6, 6.07) is 4.43. The Morgan fingerprint density at radius 2 is 2.29 bits per heavy atom. The molecule has 1 fully saturated rings. The molecule has 0 amide bonds. The fraction of sp³-hybridized carbons (Fsp3) is 0.600. The summed E-state index contributed by atoms with van der Waals surface area (Å²) in [5.41, 5.74) is -0.193. The van der Waals surface area contributed by atoms with Gasteiger partial charge in [0.2, 0.25) is 0 Å². The molecule has 2 rings (SSSR count). The molecule has 0 radical (unpaired) electrons. The normalized spacial score (nSPS) is 21.2. The lowest BCUT2D eigenvalue weighted by atomic mass is 9.90. The van der Waals surface area contributed by atoms with Crippen LogP contribution in [0.4, 0.5) is 4.39 Å². The molecule has 0 bridgehead atoms. The minimum absolute atomic E-state index is 0. The third-order valence-corrected chi connectivity index (χ3v) is 3.76. The second kappa shape index (κ2) is 7.94. The summed E-state index contributed by atoms with van der Waals surface area (Å²) in [7, 11) is 1.56. The Bertz CT molecular complexity index is 451. The summed E-state index contributed by atoms with van der Waals surface area (Å²) in [5, 5.41) is 13.7. The van der Waals surface area contributed by atoms with Gasteiger partial charge < -0.3 is 19.9 Å². The molecule has 0 saturated carbocycles. The fourth-order valence-corrected chi connectivity index (χ4v) is 2.46. The molecule has 1 aromatic carbocycles. The van der Waals surface area contributed by atoms with Crippen LogP contribution in [0.3, 0.4) is 0 Å². The highest BCUT2D eigenvalue weighted by Crippen LogP contribution is 2.26. The third kappa shape index (κ3) is 4.81. The summed E-state index contributed by atoms with van der Waals surface area (Å²) in [6.07, 6.45) is 0.781. The van der Waals surface area contributed by atoms with Crippen molar-refractivity contribution >= 4 is 12.4 Å². The van der Waals surface area contributed by atoms with E-state index in [0.29, 0.717) is 31.7 Å². The van der Waals surface area contributed by atoms with E-state index in [-0.39, 0.29) is 24.3 Å². The molecule has 2 atom stereocenters. The van der Waals surface area contributed by atoms with Crippen LogP contribution in [0.2, 0.25) is 0 Å². The van der Waals surface area contributed by atoms with E-state index in [4.69, 9.17) is 9.47 Å². The summed E-state index contributed by atoms with van der Waals surface area (Å²) in [4.78, 5) is 0. The maximum atomic E-state index is 13.3. The first kappa shape index (κ1) is 18.2. The molecule has 1 aliphatic heterocycles. The van der Waals surface area contributed by atoms with Gasteiger partial charge in [-0.05, 0) is 43.5 Å². The van der Waals surface area contributed by atoms with Crippen LogP contribution in [0.5, 0.6) is 5.75 Å². The number of aliphatic hydroxyl groups is 1. The molecule has 1 heterocycles. The summed E-state index contributed by atoms with van der Waals surface area (Å²) in [6.45, 7) is 3.80. The quantitative estimate of drug-likeness (QED) is 0.871. The predicted molar refractivity (Wildman–Crippen MR) is 81.8 cm³/mol. The zero-order valence-corrected chi connectivity index (χ0v) is 13.2. The molecule has 1 aliphatic rings. The molecule has 0 aromatic heterocycles. The van der Waals surface area contributed by atoms with Crippen molar-refractivity contribution < 1.29 is 19.0 Å². The predicted octanol–water partition coefficient (Wildman–Crippen LogP) is 1.93. The lowest BCUT2D eigenvalue weighted by molar-refractivity contribution is -0.112. The summed E-state index contributed by atoms with van der Waals surface area (Å²) < 4.78 is 24.1. The minimum atomic E-state index is -0.954. The van der Waals surface area contributed by atoms with E-state index in [1.165, 1.54) is 12.1 Å². The molecule has 1 aromatic rings. The van der Waals surface area contributed by atoms with Gasteiger partial charge in [0.1, 0.15) is 11.6 Å². The molecular formula is C15H23ClFNO3. The molecule has 2 unspecified atom stereocenters. The standard InChI is InChI=1S/C15H22FNO3.ClH/c1-15(18,14-10-17-7-8-20-14)6-5-11-9-12(16)3-4-13(11)19-2;/h3-4,9,14,17-18H,5-8,10H2,1-2H3;1H. The first-order chi connectivity index (χ1) is 9.53. The maximum Gasteiger partial charge on any atom is 0.123 e. The van der Waals surface area contributed by atoms with Crippen LogP contribution in [0.25, 0.3) is 0 Å². The topological polar surface area (TPSA) is 50.7 Å². The van der Waals surface area contributed by atoms with Gasteiger partial charge in [0.05, 0.1) is 25.4 Å². The molecule has 21 heavy (non-hydrogen) atoms. The van der Waals surface area contributed by atoms with E-state index in [9.17, 15) is 9.50 Å². The highest BCUT2D eigenvalue weighted by molar-refractivity contribution is 5.85. The molecule has 2 N–H and O–H groups in total. The number of aryl methyl sites for hydroxylation is 1. The van der Waals surface area contributed by atoms with Crippen molar-refractivity contribution in [1.82, 2.24) is 5.32 Å². The number of ether oxygens (including phenoxy) is 2. The van der Waals surface area contributed by atoms with Gasteiger partial charge >= 0.3 is 0 Å². The Labute approximate surface area is 131 Å². The second-order valence-electron chi connectivity index (χ2n) is 5.38. The van der Waals surface area contributed by atoms with Gasteiger partial charge in [-0.25, -0.2) is 4.39 Å². The smallest absolute Gasteiger partial charge is 0.123 e. The van der Waals surface area contributed by atoms with Crippen molar-refractivity contribution in [2.24, 2.45) is 0 Å². The van der Waals surface area contributed by atoms with Crippen LogP contribution in [0.1, 0.15) is 18.9 Å².